The summed E-state index contributed by atoms with van der Waals surface area (Å²) in [6.07, 6.45) is -4.63. The summed E-state index contributed by atoms with van der Waals surface area (Å²) in [5.41, 5.74) is -1.52. The average Bonchev–Trinajstić information content (AvgIpc) is 2.75. The van der Waals surface area contributed by atoms with Crippen LogP contribution in [0.3, 0.4) is 0 Å². The minimum atomic E-state index is -4.63. The van der Waals surface area contributed by atoms with Gasteiger partial charge in [-0.25, -0.2) is 4.39 Å². The van der Waals surface area contributed by atoms with Crippen LogP contribution in [0.4, 0.5) is 17.6 Å². The largest absolute Gasteiger partial charge is 0.417 e. The first kappa shape index (κ1) is 12.8. The van der Waals surface area contributed by atoms with E-state index >= 15 is 0 Å². The van der Waals surface area contributed by atoms with Crippen molar-refractivity contribution in [2.75, 3.05) is 0 Å². The van der Waals surface area contributed by atoms with Gasteiger partial charge < -0.3 is 4.52 Å². The molecule has 0 saturated carbocycles. The highest BCUT2D eigenvalue weighted by atomic mass is 35.5. The minimum Gasteiger partial charge on any atom is -0.338 e. The van der Waals surface area contributed by atoms with Gasteiger partial charge in [-0.05, 0) is 18.2 Å². The Morgan fingerprint density at radius 2 is 2.00 bits per heavy atom. The molecule has 0 aliphatic carbocycles. The van der Waals surface area contributed by atoms with Crippen LogP contribution in [-0.2, 0) is 12.1 Å². The molecule has 8 heteroatoms. The zero-order chi connectivity index (χ0) is 13.3. The molecule has 0 radical (unpaired) electrons. The maximum atomic E-state index is 13.0. The van der Waals surface area contributed by atoms with Crippen molar-refractivity contribution in [1.29, 1.82) is 0 Å². The summed E-state index contributed by atoms with van der Waals surface area (Å²) in [4.78, 5) is 3.64. The first-order chi connectivity index (χ1) is 8.41. The number of alkyl halides is 4. The molecule has 1 aromatic carbocycles. The Morgan fingerprint density at radius 3 is 2.56 bits per heavy atom. The lowest BCUT2D eigenvalue weighted by atomic mass is 10.1. The van der Waals surface area contributed by atoms with Gasteiger partial charge in [0.2, 0.25) is 11.7 Å². The van der Waals surface area contributed by atoms with Crippen molar-refractivity contribution in [2.24, 2.45) is 0 Å². The third kappa shape index (κ3) is 2.45. The van der Waals surface area contributed by atoms with Crippen molar-refractivity contribution >= 4 is 11.6 Å². The minimum absolute atomic E-state index is 0.0379. The van der Waals surface area contributed by atoms with E-state index in [1.165, 1.54) is 0 Å². The fourth-order valence-corrected chi connectivity index (χ4v) is 1.48. The van der Waals surface area contributed by atoms with Gasteiger partial charge in [0, 0.05) is 5.56 Å². The molecule has 0 atom stereocenters. The van der Waals surface area contributed by atoms with E-state index in [0.29, 0.717) is 12.1 Å². The van der Waals surface area contributed by atoms with Crippen molar-refractivity contribution in [3.8, 4) is 11.4 Å². The molecule has 0 N–H and O–H groups in total. The standard InChI is InChI=1S/C10H5ClF4N2O/c11-4-8-16-9(17-18-8)6-3-5(12)1-2-7(6)10(13,14)15/h1-3H,4H2. The van der Waals surface area contributed by atoms with Gasteiger partial charge in [0.05, 0.1) is 5.56 Å². The van der Waals surface area contributed by atoms with Crippen LogP contribution in [0.25, 0.3) is 11.4 Å². The Balaban J connectivity index is 2.58. The third-order valence-electron chi connectivity index (χ3n) is 2.11. The van der Waals surface area contributed by atoms with Crippen LogP contribution >= 0.6 is 11.6 Å². The van der Waals surface area contributed by atoms with Crippen LogP contribution in [-0.4, -0.2) is 10.1 Å². The average molecular weight is 281 g/mol. The molecule has 0 amide bonds. The molecule has 0 fully saturated rings. The van der Waals surface area contributed by atoms with Crippen molar-refractivity contribution in [3.05, 3.63) is 35.5 Å². The molecule has 96 valence electrons. The molecule has 0 aliphatic heterocycles. The van der Waals surface area contributed by atoms with E-state index in [2.05, 4.69) is 14.7 Å². The molecule has 0 spiro atoms. The molecule has 0 unspecified atom stereocenters. The normalized spacial score (nSPS) is 11.8. The summed E-state index contributed by atoms with van der Waals surface area (Å²) in [6, 6.07) is 2.04. The van der Waals surface area contributed by atoms with Crippen LogP contribution in [0.1, 0.15) is 11.5 Å². The lowest BCUT2D eigenvalue weighted by Gasteiger charge is -2.10. The van der Waals surface area contributed by atoms with E-state index in [1.54, 1.807) is 0 Å². The lowest BCUT2D eigenvalue weighted by Crippen LogP contribution is -2.08. The molecule has 1 aromatic heterocycles. The zero-order valence-corrected chi connectivity index (χ0v) is 9.39. The van der Waals surface area contributed by atoms with E-state index in [1.807, 2.05) is 0 Å². The highest BCUT2D eigenvalue weighted by Crippen LogP contribution is 2.36. The fraction of sp³-hybridized carbons (Fsp3) is 0.200. The lowest BCUT2D eigenvalue weighted by molar-refractivity contribution is -0.137. The SMILES string of the molecule is Fc1ccc(C(F)(F)F)c(-c2noc(CCl)n2)c1. The van der Waals surface area contributed by atoms with Gasteiger partial charge in [0.25, 0.3) is 0 Å². The Morgan fingerprint density at radius 1 is 1.28 bits per heavy atom. The Hall–Kier alpha value is -1.63. The summed E-state index contributed by atoms with van der Waals surface area (Å²) < 4.78 is 55.8. The number of aromatic nitrogens is 2. The van der Waals surface area contributed by atoms with Gasteiger partial charge in [0.1, 0.15) is 11.7 Å². The van der Waals surface area contributed by atoms with Crippen molar-refractivity contribution in [1.82, 2.24) is 10.1 Å². The summed E-state index contributed by atoms with van der Waals surface area (Å²) in [5.74, 6) is -1.35. The first-order valence-electron chi connectivity index (χ1n) is 4.67. The Bertz CT molecular complexity index is 567. The predicted molar refractivity (Wildman–Crippen MR) is 54.3 cm³/mol. The van der Waals surface area contributed by atoms with Gasteiger partial charge >= 0.3 is 6.18 Å². The Kier molecular flexibility index (Phi) is 3.25. The summed E-state index contributed by atoms with van der Waals surface area (Å²) in [6.45, 7) is 0. The van der Waals surface area contributed by atoms with Crippen LogP contribution < -0.4 is 0 Å². The maximum absolute atomic E-state index is 13.0. The number of halogens is 5. The van der Waals surface area contributed by atoms with E-state index in [0.717, 1.165) is 6.07 Å². The quantitative estimate of drug-likeness (QED) is 0.623. The molecule has 1 heterocycles. The second-order valence-electron chi connectivity index (χ2n) is 3.33. The highest BCUT2D eigenvalue weighted by Gasteiger charge is 2.35. The maximum Gasteiger partial charge on any atom is 0.417 e. The van der Waals surface area contributed by atoms with Crippen molar-refractivity contribution in [2.45, 2.75) is 12.1 Å². The number of benzene rings is 1. The summed E-state index contributed by atoms with van der Waals surface area (Å²) in [5, 5.41) is 3.34. The number of hydrogen-bond donors (Lipinski definition) is 0. The highest BCUT2D eigenvalue weighted by molar-refractivity contribution is 6.16. The van der Waals surface area contributed by atoms with Gasteiger partial charge in [-0.2, -0.15) is 18.2 Å². The van der Waals surface area contributed by atoms with Gasteiger partial charge in [-0.15, -0.1) is 11.6 Å². The number of nitrogens with zero attached hydrogens (tertiary/aromatic N) is 2. The van der Waals surface area contributed by atoms with Gasteiger partial charge in [-0.3, -0.25) is 0 Å². The van der Waals surface area contributed by atoms with Crippen LogP contribution in [0.2, 0.25) is 0 Å². The predicted octanol–water partition coefficient (Wildman–Crippen LogP) is 3.63. The fourth-order valence-electron chi connectivity index (χ4n) is 1.37. The number of hydrogen-bond acceptors (Lipinski definition) is 3. The summed E-state index contributed by atoms with van der Waals surface area (Å²) in [7, 11) is 0. The van der Waals surface area contributed by atoms with E-state index in [-0.39, 0.29) is 17.6 Å². The smallest absolute Gasteiger partial charge is 0.338 e. The number of rotatable bonds is 2. The second-order valence-corrected chi connectivity index (χ2v) is 3.60. The topological polar surface area (TPSA) is 38.9 Å². The second kappa shape index (κ2) is 4.56. The molecule has 0 bridgehead atoms. The molecule has 2 aromatic rings. The monoisotopic (exact) mass is 280 g/mol. The van der Waals surface area contributed by atoms with Crippen LogP contribution in [0, 0.1) is 5.82 Å². The van der Waals surface area contributed by atoms with Crippen molar-refractivity contribution in [3.63, 3.8) is 0 Å². The summed E-state index contributed by atoms with van der Waals surface area (Å²) >= 11 is 5.40. The van der Waals surface area contributed by atoms with Gasteiger partial charge in [-0.1, -0.05) is 5.16 Å². The van der Waals surface area contributed by atoms with E-state index < -0.39 is 23.1 Å². The molecule has 0 aliphatic rings. The zero-order valence-electron chi connectivity index (χ0n) is 8.63. The molecule has 18 heavy (non-hydrogen) atoms. The van der Waals surface area contributed by atoms with Crippen LogP contribution in [0.15, 0.2) is 22.7 Å². The van der Waals surface area contributed by atoms with Gasteiger partial charge in [0.15, 0.2) is 0 Å². The molecule has 0 saturated heterocycles. The first-order valence-corrected chi connectivity index (χ1v) is 5.21. The van der Waals surface area contributed by atoms with E-state index in [9.17, 15) is 17.6 Å². The Labute approximate surface area is 103 Å². The van der Waals surface area contributed by atoms with E-state index in [4.69, 9.17) is 11.6 Å². The van der Waals surface area contributed by atoms with Crippen molar-refractivity contribution < 1.29 is 22.1 Å². The third-order valence-corrected chi connectivity index (χ3v) is 2.34. The molecular formula is C10H5ClF4N2O. The molecular weight excluding hydrogens is 276 g/mol. The molecule has 3 nitrogen and oxygen atoms in total. The molecule has 2 rings (SSSR count). The van der Waals surface area contributed by atoms with Crippen LogP contribution in [0.5, 0.6) is 0 Å².